The van der Waals surface area contributed by atoms with E-state index < -0.39 is 11.9 Å². The third kappa shape index (κ3) is 2.46. The first-order valence-electron chi connectivity index (χ1n) is 4.91. The Kier molecular flexibility index (Phi) is 3.43. The molecule has 1 atom stereocenters. The van der Waals surface area contributed by atoms with Crippen molar-refractivity contribution in [1.29, 1.82) is 0 Å². The largest absolute Gasteiger partial charge is 0.458 e. The number of furan rings is 1. The lowest BCUT2D eigenvalue weighted by atomic mass is 10.2. The van der Waals surface area contributed by atoms with Crippen LogP contribution in [0, 0.1) is 5.82 Å². The molecule has 1 aromatic heterocycles. The molecule has 0 aliphatic rings. The van der Waals surface area contributed by atoms with E-state index in [-0.39, 0.29) is 10.0 Å². The van der Waals surface area contributed by atoms with Crippen molar-refractivity contribution in [3.05, 3.63) is 45.9 Å². The van der Waals surface area contributed by atoms with Crippen molar-refractivity contribution in [2.24, 2.45) is 0 Å². The first-order chi connectivity index (χ1) is 7.99. The number of rotatable bonds is 2. The summed E-state index contributed by atoms with van der Waals surface area (Å²) in [4.78, 5) is 0. The van der Waals surface area contributed by atoms with Crippen molar-refractivity contribution in [3.8, 4) is 11.3 Å². The van der Waals surface area contributed by atoms with Gasteiger partial charge in [0.1, 0.15) is 17.6 Å². The minimum atomic E-state index is -0.699. The molecule has 0 saturated carbocycles. The molecule has 0 aliphatic carbocycles. The molecule has 0 saturated heterocycles. The summed E-state index contributed by atoms with van der Waals surface area (Å²) in [5.74, 6) is 0.251. The molecule has 2 nitrogen and oxygen atoms in total. The third-order valence-corrected chi connectivity index (χ3v) is 2.86. The minimum absolute atomic E-state index is 0.0671. The highest BCUT2D eigenvalue weighted by molar-refractivity contribution is 6.35. The summed E-state index contributed by atoms with van der Waals surface area (Å²) in [6.45, 7) is 1.59. The van der Waals surface area contributed by atoms with E-state index in [1.165, 1.54) is 12.1 Å². The summed E-state index contributed by atoms with van der Waals surface area (Å²) in [5, 5.41) is 9.20. The fraction of sp³-hybridized carbons (Fsp3) is 0.167. The van der Waals surface area contributed by atoms with Gasteiger partial charge in [0, 0.05) is 5.56 Å². The van der Waals surface area contributed by atoms with Crippen LogP contribution in [0.4, 0.5) is 4.39 Å². The quantitative estimate of drug-likeness (QED) is 0.821. The highest BCUT2D eigenvalue weighted by atomic mass is 35.5. The predicted molar refractivity (Wildman–Crippen MR) is 64.8 cm³/mol. The van der Waals surface area contributed by atoms with Crippen LogP contribution in [0.25, 0.3) is 11.3 Å². The van der Waals surface area contributed by atoms with Crippen LogP contribution >= 0.6 is 23.2 Å². The second kappa shape index (κ2) is 4.69. The summed E-state index contributed by atoms with van der Waals surface area (Å²) in [6, 6.07) is 6.16. The smallest absolute Gasteiger partial charge is 0.160 e. The normalized spacial score (nSPS) is 12.8. The molecule has 0 bridgehead atoms. The van der Waals surface area contributed by atoms with Gasteiger partial charge in [0.05, 0.1) is 10.0 Å². The van der Waals surface area contributed by atoms with Crippen molar-refractivity contribution in [2.75, 3.05) is 0 Å². The maximum Gasteiger partial charge on any atom is 0.160 e. The van der Waals surface area contributed by atoms with Crippen LogP contribution in [0.15, 0.2) is 28.7 Å². The molecule has 1 heterocycles. The zero-order valence-corrected chi connectivity index (χ0v) is 10.4. The Morgan fingerprint density at radius 3 is 2.29 bits per heavy atom. The van der Waals surface area contributed by atoms with Crippen molar-refractivity contribution in [3.63, 3.8) is 0 Å². The maximum atomic E-state index is 13.2. The van der Waals surface area contributed by atoms with Crippen molar-refractivity contribution in [2.45, 2.75) is 13.0 Å². The zero-order valence-electron chi connectivity index (χ0n) is 8.88. The fourth-order valence-corrected chi connectivity index (χ4v) is 1.92. The van der Waals surface area contributed by atoms with Gasteiger partial charge in [-0.05, 0) is 31.2 Å². The lowest BCUT2D eigenvalue weighted by molar-refractivity contribution is 0.170. The van der Waals surface area contributed by atoms with Gasteiger partial charge >= 0.3 is 0 Å². The van der Waals surface area contributed by atoms with Gasteiger partial charge in [-0.3, -0.25) is 0 Å². The second-order valence-corrected chi connectivity index (χ2v) is 4.45. The van der Waals surface area contributed by atoms with E-state index >= 15 is 0 Å². The number of hydrogen-bond donors (Lipinski definition) is 1. The van der Waals surface area contributed by atoms with E-state index in [9.17, 15) is 9.50 Å². The van der Waals surface area contributed by atoms with E-state index in [1.807, 2.05) is 0 Å². The zero-order chi connectivity index (χ0) is 12.6. The lowest BCUT2D eigenvalue weighted by Crippen LogP contribution is -1.86. The minimum Gasteiger partial charge on any atom is -0.458 e. The van der Waals surface area contributed by atoms with Gasteiger partial charge in [0.2, 0.25) is 0 Å². The van der Waals surface area contributed by atoms with Crippen LogP contribution in [0.3, 0.4) is 0 Å². The molecule has 2 aromatic rings. The Balaban J connectivity index is 2.46. The molecule has 0 spiro atoms. The van der Waals surface area contributed by atoms with Gasteiger partial charge in [-0.2, -0.15) is 0 Å². The molecule has 90 valence electrons. The first kappa shape index (κ1) is 12.4. The van der Waals surface area contributed by atoms with Gasteiger partial charge < -0.3 is 9.52 Å². The van der Waals surface area contributed by atoms with E-state index in [2.05, 4.69) is 0 Å². The highest BCUT2D eigenvalue weighted by Gasteiger charge is 2.13. The van der Waals surface area contributed by atoms with Crippen LogP contribution in [-0.2, 0) is 0 Å². The average molecular weight is 275 g/mol. The molecule has 17 heavy (non-hydrogen) atoms. The van der Waals surface area contributed by atoms with Crippen LogP contribution in [0.5, 0.6) is 0 Å². The Morgan fingerprint density at radius 2 is 1.82 bits per heavy atom. The van der Waals surface area contributed by atoms with E-state index in [0.717, 1.165) is 0 Å². The van der Waals surface area contributed by atoms with Crippen molar-refractivity contribution < 1.29 is 13.9 Å². The SMILES string of the molecule is CC(O)c1ccc(-c2cc(Cl)c(F)c(Cl)c2)o1. The molecule has 5 heteroatoms. The Hall–Kier alpha value is -1.03. The van der Waals surface area contributed by atoms with Crippen molar-refractivity contribution in [1.82, 2.24) is 0 Å². The molecule has 1 N–H and O–H groups in total. The average Bonchev–Trinajstić information content (AvgIpc) is 2.74. The monoisotopic (exact) mass is 274 g/mol. The van der Waals surface area contributed by atoms with Gasteiger partial charge in [0.15, 0.2) is 5.82 Å². The summed E-state index contributed by atoms with van der Waals surface area (Å²) < 4.78 is 18.6. The topological polar surface area (TPSA) is 33.4 Å². The van der Waals surface area contributed by atoms with Crippen molar-refractivity contribution >= 4 is 23.2 Å². The fourth-order valence-electron chi connectivity index (χ4n) is 1.43. The number of aliphatic hydroxyl groups is 1. The molecular formula is C12H9Cl2FO2. The van der Waals surface area contributed by atoms with Gasteiger partial charge in [-0.25, -0.2) is 4.39 Å². The number of hydrogen-bond acceptors (Lipinski definition) is 2. The standard InChI is InChI=1S/C12H9Cl2FO2/c1-6(16)10-2-3-11(17-10)7-4-8(13)12(15)9(14)5-7/h2-6,16H,1H3. The molecule has 0 aliphatic heterocycles. The van der Waals surface area contributed by atoms with Crippen LogP contribution in [-0.4, -0.2) is 5.11 Å². The summed E-state index contributed by atoms with van der Waals surface area (Å²) in [7, 11) is 0. The molecule has 0 radical (unpaired) electrons. The summed E-state index contributed by atoms with van der Waals surface area (Å²) in [6.07, 6.45) is -0.699. The Bertz CT molecular complexity index is 526. The van der Waals surface area contributed by atoms with Gasteiger partial charge in [0.25, 0.3) is 0 Å². The van der Waals surface area contributed by atoms with E-state index in [0.29, 0.717) is 17.1 Å². The number of halogens is 3. The number of benzene rings is 1. The van der Waals surface area contributed by atoms with Gasteiger partial charge in [-0.1, -0.05) is 23.2 Å². The predicted octanol–water partition coefficient (Wildman–Crippen LogP) is 4.45. The Labute approximate surface area is 108 Å². The first-order valence-corrected chi connectivity index (χ1v) is 5.67. The number of aliphatic hydroxyl groups excluding tert-OH is 1. The summed E-state index contributed by atoms with van der Waals surface area (Å²) in [5.41, 5.74) is 0.563. The molecule has 1 aromatic carbocycles. The van der Waals surface area contributed by atoms with Crippen LogP contribution < -0.4 is 0 Å². The molecule has 0 amide bonds. The van der Waals surface area contributed by atoms with Gasteiger partial charge in [-0.15, -0.1) is 0 Å². The molecule has 0 fully saturated rings. The van der Waals surface area contributed by atoms with Crippen LogP contribution in [0.1, 0.15) is 18.8 Å². The van der Waals surface area contributed by atoms with E-state index in [1.54, 1.807) is 19.1 Å². The van der Waals surface area contributed by atoms with E-state index in [4.69, 9.17) is 27.6 Å². The molecule has 2 rings (SSSR count). The second-order valence-electron chi connectivity index (χ2n) is 3.63. The lowest BCUT2D eigenvalue weighted by Gasteiger charge is -2.02. The summed E-state index contributed by atoms with van der Waals surface area (Å²) >= 11 is 11.4. The van der Waals surface area contributed by atoms with Crippen LogP contribution in [0.2, 0.25) is 10.0 Å². The Morgan fingerprint density at radius 1 is 1.24 bits per heavy atom. The highest BCUT2D eigenvalue weighted by Crippen LogP contribution is 2.32. The molecule has 1 unspecified atom stereocenters. The third-order valence-electron chi connectivity index (χ3n) is 2.31. The maximum absolute atomic E-state index is 13.2. The molecular weight excluding hydrogens is 266 g/mol.